The van der Waals surface area contributed by atoms with Crippen molar-refractivity contribution in [1.82, 2.24) is 4.98 Å². The second-order valence-corrected chi connectivity index (χ2v) is 4.19. The van der Waals surface area contributed by atoms with Crippen LogP contribution in [-0.4, -0.2) is 16.1 Å². The van der Waals surface area contributed by atoms with E-state index in [2.05, 4.69) is 4.98 Å². The summed E-state index contributed by atoms with van der Waals surface area (Å²) >= 11 is 0. The van der Waals surface area contributed by atoms with Crippen LogP contribution < -0.4 is 0 Å². The first kappa shape index (κ1) is 14.0. The van der Waals surface area contributed by atoms with Gasteiger partial charge in [0.25, 0.3) is 0 Å². The predicted molar refractivity (Wildman–Crippen MR) is 66.0 cm³/mol. The average molecular weight is 281 g/mol. The summed E-state index contributed by atoms with van der Waals surface area (Å²) in [6.45, 7) is 0. The molecule has 104 valence electrons. The Labute approximate surface area is 112 Å². The first-order valence-corrected chi connectivity index (χ1v) is 5.70. The summed E-state index contributed by atoms with van der Waals surface area (Å²) in [5, 5.41) is 8.71. The van der Waals surface area contributed by atoms with Gasteiger partial charge in [-0.05, 0) is 29.8 Å². The van der Waals surface area contributed by atoms with E-state index in [9.17, 15) is 18.0 Å². The summed E-state index contributed by atoms with van der Waals surface area (Å²) in [5.41, 5.74) is 0.757. The lowest BCUT2D eigenvalue weighted by atomic mass is 10.1. The van der Waals surface area contributed by atoms with Crippen LogP contribution in [0.4, 0.5) is 13.2 Å². The van der Waals surface area contributed by atoms with Crippen molar-refractivity contribution in [3.8, 4) is 11.3 Å². The number of alkyl halides is 3. The molecule has 0 radical (unpaired) electrons. The zero-order valence-corrected chi connectivity index (χ0v) is 10.2. The highest BCUT2D eigenvalue weighted by molar-refractivity contribution is 5.71. The molecule has 0 saturated heterocycles. The van der Waals surface area contributed by atoms with E-state index in [1.165, 1.54) is 18.3 Å². The summed E-state index contributed by atoms with van der Waals surface area (Å²) in [6, 6.07) is 7.69. The summed E-state index contributed by atoms with van der Waals surface area (Å²) in [6.07, 6.45) is -3.10. The molecule has 0 aliphatic carbocycles. The van der Waals surface area contributed by atoms with Gasteiger partial charge in [-0.2, -0.15) is 13.2 Å². The standard InChI is InChI=1S/C14H10F3NO2/c15-14(16,17)11-3-1-10(2-4-11)12-7-9(5-6-18-12)8-13(19)20/h1-7H,8H2,(H,19,20). The van der Waals surface area contributed by atoms with Gasteiger partial charge in [0.15, 0.2) is 0 Å². The van der Waals surface area contributed by atoms with Gasteiger partial charge in [-0.25, -0.2) is 0 Å². The summed E-state index contributed by atoms with van der Waals surface area (Å²) < 4.78 is 37.3. The Morgan fingerprint density at radius 2 is 1.80 bits per heavy atom. The third-order valence-corrected chi connectivity index (χ3v) is 2.69. The molecular weight excluding hydrogens is 271 g/mol. The Hall–Kier alpha value is -2.37. The Morgan fingerprint density at radius 3 is 2.35 bits per heavy atom. The maximum absolute atomic E-state index is 12.4. The molecule has 1 aromatic heterocycles. The zero-order chi connectivity index (χ0) is 14.8. The van der Waals surface area contributed by atoms with E-state index in [0.717, 1.165) is 12.1 Å². The van der Waals surface area contributed by atoms with E-state index in [1.54, 1.807) is 12.1 Å². The number of hydrogen-bond donors (Lipinski definition) is 1. The maximum atomic E-state index is 12.4. The van der Waals surface area contributed by atoms with Crippen molar-refractivity contribution in [2.45, 2.75) is 12.6 Å². The summed E-state index contributed by atoms with van der Waals surface area (Å²) in [5.74, 6) is -0.977. The molecule has 2 rings (SSSR count). The van der Waals surface area contributed by atoms with Crippen LogP contribution in [0, 0.1) is 0 Å². The number of halogens is 3. The minimum Gasteiger partial charge on any atom is -0.481 e. The third kappa shape index (κ3) is 3.34. The quantitative estimate of drug-likeness (QED) is 0.938. The zero-order valence-electron chi connectivity index (χ0n) is 10.2. The molecule has 0 unspecified atom stereocenters. The first-order chi connectivity index (χ1) is 9.36. The average Bonchev–Trinajstić information content (AvgIpc) is 2.37. The lowest BCUT2D eigenvalue weighted by Crippen LogP contribution is -2.04. The number of aromatic nitrogens is 1. The van der Waals surface area contributed by atoms with Crippen molar-refractivity contribution >= 4 is 5.97 Å². The Kier molecular flexibility index (Phi) is 3.74. The number of carboxylic acids is 1. The molecule has 1 heterocycles. The summed E-state index contributed by atoms with van der Waals surface area (Å²) in [4.78, 5) is 14.7. The largest absolute Gasteiger partial charge is 0.481 e. The van der Waals surface area contributed by atoms with Crippen LogP contribution in [-0.2, 0) is 17.4 Å². The number of carboxylic acid groups (broad SMARTS) is 1. The minimum atomic E-state index is -4.38. The molecule has 1 aromatic carbocycles. The smallest absolute Gasteiger partial charge is 0.416 e. The fraction of sp³-hybridized carbons (Fsp3) is 0.143. The molecule has 0 bridgehead atoms. The van der Waals surface area contributed by atoms with Gasteiger partial charge in [0.05, 0.1) is 17.7 Å². The minimum absolute atomic E-state index is 0.157. The Bertz CT molecular complexity index is 621. The van der Waals surface area contributed by atoms with Crippen LogP contribution in [0.25, 0.3) is 11.3 Å². The van der Waals surface area contributed by atoms with Crippen molar-refractivity contribution in [3.05, 3.63) is 53.7 Å². The lowest BCUT2D eigenvalue weighted by molar-refractivity contribution is -0.138. The second kappa shape index (κ2) is 5.32. The van der Waals surface area contributed by atoms with E-state index in [-0.39, 0.29) is 6.42 Å². The predicted octanol–water partition coefficient (Wildman–Crippen LogP) is 3.39. The molecule has 0 fully saturated rings. The molecule has 0 spiro atoms. The summed E-state index contributed by atoms with van der Waals surface area (Å²) in [7, 11) is 0. The van der Waals surface area contributed by atoms with E-state index in [4.69, 9.17) is 5.11 Å². The molecule has 0 amide bonds. The van der Waals surface area contributed by atoms with Crippen LogP contribution in [0.15, 0.2) is 42.6 Å². The number of rotatable bonds is 3. The van der Waals surface area contributed by atoms with E-state index < -0.39 is 17.7 Å². The van der Waals surface area contributed by atoms with Gasteiger partial charge in [0.1, 0.15) is 0 Å². The van der Waals surface area contributed by atoms with Gasteiger partial charge in [-0.1, -0.05) is 12.1 Å². The highest BCUT2D eigenvalue weighted by Gasteiger charge is 2.29. The molecule has 20 heavy (non-hydrogen) atoms. The van der Waals surface area contributed by atoms with Gasteiger partial charge in [0, 0.05) is 11.8 Å². The van der Waals surface area contributed by atoms with Gasteiger partial charge >= 0.3 is 12.1 Å². The highest BCUT2D eigenvalue weighted by Crippen LogP contribution is 2.30. The van der Waals surface area contributed by atoms with Crippen molar-refractivity contribution in [3.63, 3.8) is 0 Å². The van der Waals surface area contributed by atoms with E-state index in [1.807, 2.05) is 0 Å². The molecule has 0 saturated carbocycles. The van der Waals surface area contributed by atoms with Crippen LogP contribution in [0.5, 0.6) is 0 Å². The van der Waals surface area contributed by atoms with Gasteiger partial charge in [-0.3, -0.25) is 9.78 Å². The van der Waals surface area contributed by atoms with Crippen molar-refractivity contribution in [1.29, 1.82) is 0 Å². The van der Waals surface area contributed by atoms with Crippen molar-refractivity contribution in [2.24, 2.45) is 0 Å². The van der Waals surface area contributed by atoms with E-state index >= 15 is 0 Å². The van der Waals surface area contributed by atoms with Gasteiger partial charge in [0.2, 0.25) is 0 Å². The molecular formula is C14H10F3NO2. The molecule has 0 aliphatic heterocycles. The van der Waals surface area contributed by atoms with Crippen LogP contribution in [0.1, 0.15) is 11.1 Å². The number of hydrogen-bond acceptors (Lipinski definition) is 2. The first-order valence-electron chi connectivity index (χ1n) is 5.70. The number of carbonyl (C=O) groups is 1. The topological polar surface area (TPSA) is 50.2 Å². The van der Waals surface area contributed by atoms with Crippen LogP contribution >= 0.6 is 0 Å². The second-order valence-electron chi connectivity index (χ2n) is 4.19. The molecule has 0 atom stereocenters. The fourth-order valence-corrected chi connectivity index (χ4v) is 1.75. The normalized spacial score (nSPS) is 11.3. The Balaban J connectivity index is 2.30. The van der Waals surface area contributed by atoms with Crippen molar-refractivity contribution < 1.29 is 23.1 Å². The molecule has 3 nitrogen and oxygen atoms in total. The maximum Gasteiger partial charge on any atom is 0.416 e. The molecule has 6 heteroatoms. The number of benzene rings is 1. The molecule has 2 aromatic rings. The number of pyridine rings is 1. The number of aliphatic carboxylic acids is 1. The molecule has 1 N–H and O–H groups in total. The SMILES string of the molecule is O=C(O)Cc1ccnc(-c2ccc(C(F)(F)F)cc2)c1. The third-order valence-electron chi connectivity index (χ3n) is 2.69. The van der Waals surface area contributed by atoms with E-state index in [0.29, 0.717) is 16.8 Å². The monoisotopic (exact) mass is 281 g/mol. The van der Waals surface area contributed by atoms with Crippen LogP contribution in [0.3, 0.4) is 0 Å². The molecule has 0 aliphatic rings. The highest BCUT2D eigenvalue weighted by atomic mass is 19.4. The lowest BCUT2D eigenvalue weighted by Gasteiger charge is -2.08. The fourth-order valence-electron chi connectivity index (χ4n) is 1.75. The van der Waals surface area contributed by atoms with Gasteiger partial charge < -0.3 is 5.11 Å². The van der Waals surface area contributed by atoms with Crippen LogP contribution in [0.2, 0.25) is 0 Å². The Morgan fingerprint density at radius 1 is 1.15 bits per heavy atom. The number of nitrogens with zero attached hydrogens (tertiary/aromatic N) is 1. The van der Waals surface area contributed by atoms with Gasteiger partial charge in [-0.15, -0.1) is 0 Å². The van der Waals surface area contributed by atoms with Crippen molar-refractivity contribution in [2.75, 3.05) is 0 Å².